The summed E-state index contributed by atoms with van der Waals surface area (Å²) < 4.78 is 16.4. The molecular formula is C18H23NO5. The van der Waals surface area contributed by atoms with Crippen LogP contribution in [0.1, 0.15) is 34.7 Å². The van der Waals surface area contributed by atoms with Crippen molar-refractivity contribution in [2.75, 3.05) is 27.8 Å². The summed E-state index contributed by atoms with van der Waals surface area (Å²) in [6.07, 6.45) is 0.641. The van der Waals surface area contributed by atoms with E-state index >= 15 is 0 Å². The minimum atomic E-state index is -0.618. The Bertz CT molecular complexity index is 676. The van der Waals surface area contributed by atoms with E-state index in [0.717, 1.165) is 18.5 Å². The van der Waals surface area contributed by atoms with Crippen LogP contribution in [0.3, 0.4) is 0 Å². The highest BCUT2D eigenvalue weighted by Gasteiger charge is 2.53. The first kappa shape index (κ1) is 15.7. The Balaban J connectivity index is 1.87. The van der Waals surface area contributed by atoms with E-state index in [9.17, 15) is 9.90 Å². The largest absolute Gasteiger partial charge is 0.493 e. The number of carbonyl (C=O) groups excluding carboxylic acids is 1. The molecular weight excluding hydrogens is 310 g/mol. The van der Waals surface area contributed by atoms with Gasteiger partial charge in [0.2, 0.25) is 0 Å². The zero-order valence-corrected chi connectivity index (χ0v) is 14.2. The van der Waals surface area contributed by atoms with E-state index in [1.54, 1.807) is 20.3 Å². The van der Waals surface area contributed by atoms with Crippen molar-refractivity contribution >= 4 is 5.97 Å². The summed E-state index contributed by atoms with van der Waals surface area (Å²) in [5.74, 6) is 1.09. The Morgan fingerprint density at radius 3 is 2.67 bits per heavy atom. The van der Waals surface area contributed by atoms with Gasteiger partial charge in [0.25, 0.3) is 0 Å². The normalized spacial score (nSPS) is 34.8. The Labute approximate surface area is 141 Å². The van der Waals surface area contributed by atoms with Gasteiger partial charge in [-0.2, -0.15) is 0 Å². The van der Waals surface area contributed by atoms with Crippen molar-refractivity contribution < 1.29 is 24.1 Å². The summed E-state index contributed by atoms with van der Waals surface area (Å²) in [4.78, 5) is 14.8. The number of hydrogen-bond acceptors (Lipinski definition) is 6. The highest BCUT2D eigenvalue weighted by Crippen LogP contribution is 2.50. The summed E-state index contributed by atoms with van der Waals surface area (Å²) in [5, 5.41) is 10.6. The highest BCUT2D eigenvalue weighted by atomic mass is 16.6. The van der Waals surface area contributed by atoms with Crippen LogP contribution in [0, 0.1) is 5.92 Å². The molecule has 3 aliphatic rings. The van der Waals surface area contributed by atoms with Gasteiger partial charge in [-0.25, -0.2) is 4.79 Å². The fourth-order valence-electron chi connectivity index (χ4n) is 4.80. The molecule has 0 unspecified atom stereocenters. The number of aliphatic hydroxyl groups excluding tert-OH is 1. The second-order valence-electron chi connectivity index (χ2n) is 7.01. The number of rotatable bonds is 2. The van der Waals surface area contributed by atoms with Gasteiger partial charge >= 0.3 is 5.97 Å². The topological polar surface area (TPSA) is 68.2 Å². The van der Waals surface area contributed by atoms with E-state index in [1.165, 1.54) is 0 Å². The monoisotopic (exact) mass is 333 g/mol. The average Bonchev–Trinajstić information content (AvgIpc) is 2.94. The molecule has 24 heavy (non-hydrogen) atoms. The maximum atomic E-state index is 12.5. The van der Waals surface area contributed by atoms with Crippen molar-refractivity contribution in [3.8, 4) is 11.5 Å². The van der Waals surface area contributed by atoms with Gasteiger partial charge in [0.15, 0.2) is 11.5 Å². The van der Waals surface area contributed by atoms with E-state index in [0.29, 0.717) is 29.4 Å². The van der Waals surface area contributed by atoms with Crippen LogP contribution in [-0.4, -0.2) is 62.0 Å². The van der Waals surface area contributed by atoms with Gasteiger partial charge in [0.05, 0.1) is 25.9 Å². The molecule has 1 saturated heterocycles. The standard InChI is InChI=1S/C18H23NO5/c1-19-5-4-9-6-12(20)17-15(16(9)19)10-7-13(22-2)14(23-3)8-11(10)18(21)24-17/h7-9,12,15-17,20H,4-6H2,1-3H3/t9-,12+,15+,16-,17+/m1/s1. The zero-order valence-electron chi connectivity index (χ0n) is 14.2. The average molecular weight is 333 g/mol. The molecule has 0 amide bonds. The van der Waals surface area contributed by atoms with Crippen molar-refractivity contribution in [2.45, 2.75) is 37.0 Å². The van der Waals surface area contributed by atoms with Crippen molar-refractivity contribution in [1.29, 1.82) is 0 Å². The summed E-state index contributed by atoms with van der Waals surface area (Å²) in [6, 6.07) is 3.84. The molecule has 1 saturated carbocycles. The molecule has 5 atom stereocenters. The number of carbonyl (C=O) groups is 1. The number of esters is 1. The summed E-state index contributed by atoms with van der Waals surface area (Å²) in [5.41, 5.74) is 1.42. The molecule has 0 bridgehead atoms. The van der Waals surface area contributed by atoms with Crippen LogP contribution in [0.4, 0.5) is 0 Å². The molecule has 2 heterocycles. The molecule has 0 spiro atoms. The van der Waals surface area contributed by atoms with Gasteiger partial charge in [0.1, 0.15) is 6.10 Å². The number of fused-ring (bicyclic) bond motifs is 5. The van der Waals surface area contributed by atoms with Crippen LogP contribution in [-0.2, 0) is 4.74 Å². The lowest BCUT2D eigenvalue weighted by Gasteiger charge is -2.47. The molecule has 1 aliphatic carbocycles. The molecule has 0 aromatic heterocycles. The van der Waals surface area contributed by atoms with Crippen LogP contribution in [0.25, 0.3) is 0 Å². The van der Waals surface area contributed by atoms with Gasteiger partial charge in [0, 0.05) is 12.0 Å². The molecule has 1 aromatic rings. The molecule has 1 N–H and O–H groups in total. The van der Waals surface area contributed by atoms with E-state index < -0.39 is 18.2 Å². The number of benzene rings is 1. The van der Waals surface area contributed by atoms with Gasteiger partial charge in [-0.1, -0.05) is 0 Å². The van der Waals surface area contributed by atoms with Crippen molar-refractivity contribution in [3.63, 3.8) is 0 Å². The van der Waals surface area contributed by atoms with Crippen molar-refractivity contribution in [3.05, 3.63) is 23.3 Å². The lowest BCUT2D eigenvalue weighted by atomic mass is 9.69. The zero-order chi connectivity index (χ0) is 17.0. The molecule has 6 nitrogen and oxygen atoms in total. The van der Waals surface area contributed by atoms with Gasteiger partial charge in [-0.3, -0.25) is 0 Å². The first-order valence-corrected chi connectivity index (χ1v) is 8.40. The summed E-state index contributed by atoms with van der Waals surface area (Å²) in [7, 11) is 5.24. The number of likely N-dealkylation sites (N-methyl/N-ethyl adjacent to an activating group) is 1. The van der Waals surface area contributed by atoms with Gasteiger partial charge in [-0.15, -0.1) is 0 Å². The van der Waals surface area contributed by atoms with E-state index in [4.69, 9.17) is 14.2 Å². The van der Waals surface area contributed by atoms with E-state index in [2.05, 4.69) is 11.9 Å². The van der Waals surface area contributed by atoms with E-state index in [1.807, 2.05) is 6.07 Å². The molecule has 6 heteroatoms. The lowest BCUT2D eigenvalue weighted by molar-refractivity contribution is -0.0779. The maximum absolute atomic E-state index is 12.5. The minimum Gasteiger partial charge on any atom is -0.493 e. The Hall–Kier alpha value is -1.79. The third kappa shape index (κ3) is 2.13. The number of hydrogen-bond donors (Lipinski definition) is 1. The molecule has 2 fully saturated rings. The number of methoxy groups -OCH3 is 2. The first-order chi connectivity index (χ1) is 11.5. The number of nitrogens with zero attached hydrogens (tertiary/aromatic N) is 1. The molecule has 0 radical (unpaired) electrons. The van der Waals surface area contributed by atoms with Crippen LogP contribution in [0.5, 0.6) is 11.5 Å². The smallest absolute Gasteiger partial charge is 0.338 e. The summed E-state index contributed by atoms with van der Waals surface area (Å²) >= 11 is 0. The first-order valence-electron chi connectivity index (χ1n) is 8.40. The number of aliphatic hydroxyl groups is 1. The molecule has 1 aromatic carbocycles. The van der Waals surface area contributed by atoms with Crippen LogP contribution >= 0.6 is 0 Å². The van der Waals surface area contributed by atoms with Crippen molar-refractivity contribution in [1.82, 2.24) is 4.90 Å². The van der Waals surface area contributed by atoms with Crippen LogP contribution in [0.15, 0.2) is 12.1 Å². The summed E-state index contributed by atoms with van der Waals surface area (Å²) in [6.45, 7) is 1.00. The third-order valence-corrected chi connectivity index (χ3v) is 5.87. The second kappa shape index (κ2) is 5.63. The molecule has 2 aliphatic heterocycles. The third-order valence-electron chi connectivity index (χ3n) is 5.87. The van der Waals surface area contributed by atoms with Crippen LogP contribution < -0.4 is 9.47 Å². The molecule has 4 rings (SSSR count). The van der Waals surface area contributed by atoms with Crippen LogP contribution in [0.2, 0.25) is 0 Å². The SMILES string of the molecule is COc1cc2c(cc1OC)[C@@H]1[C@@H](OC2=O)[C@@H](O)C[C@H]2CCN(C)[C@H]21. The van der Waals surface area contributed by atoms with E-state index in [-0.39, 0.29) is 12.0 Å². The fourth-order valence-corrected chi connectivity index (χ4v) is 4.80. The quantitative estimate of drug-likeness (QED) is 0.826. The Morgan fingerprint density at radius 1 is 1.25 bits per heavy atom. The fraction of sp³-hybridized carbons (Fsp3) is 0.611. The second-order valence-corrected chi connectivity index (χ2v) is 7.01. The lowest BCUT2D eigenvalue weighted by Crippen LogP contribution is -2.54. The van der Waals surface area contributed by atoms with Gasteiger partial charge in [-0.05, 0) is 50.0 Å². The highest BCUT2D eigenvalue weighted by molar-refractivity contribution is 5.94. The Kier molecular flexibility index (Phi) is 3.69. The maximum Gasteiger partial charge on any atom is 0.338 e. The number of ether oxygens (including phenoxy) is 3. The number of likely N-dealkylation sites (tertiary alicyclic amines) is 1. The minimum absolute atomic E-state index is 0.0428. The molecule has 130 valence electrons. The Morgan fingerprint density at radius 2 is 1.96 bits per heavy atom. The van der Waals surface area contributed by atoms with Gasteiger partial charge < -0.3 is 24.2 Å². The van der Waals surface area contributed by atoms with Crippen molar-refractivity contribution in [2.24, 2.45) is 5.92 Å². The predicted molar refractivity (Wildman–Crippen MR) is 86.6 cm³/mol. The predicted octanol–water partition coefficient (Wildman–Crippen LogP) is 1.41.